The highest BCUT2D eigenvalue weighted by Gasteiger charge is 2.19. The van der Waals surface area contributed by atoms with Crippen molar-refractivity contribution < 1.29 is 4.42 Å². The van der Waals surface area contributed by atoms with Crippen LogP contribution in [0.4, 0.5) is 0 Å². The van der Waals surface area contributed by atoms with Crippen LogP contribution < -0.4 is 5.32 Å². The van der Waals surface area contributed by atoms with Crippen LogP contribution >= 0.6 is 0 Å². The van der Waals surface area contributed by atoms with Gasteiger partial charge in [0, 0.05) is 6.04 Å². The number of furan rings is 1. The molecule has 1 heterocycles. The van der Waals surface area contributed by atoms with Crippen molar-refractivity contribution in [3.63, 3.8) is 0 Å². The summed E-state index contributed by atoms with van der Waals surface area (Å²) in [5.41, 5.74) is 1.25. The minimum Gasteiger partial charge on any atom is -0.467 e. The lowest BCUT2D eigenvalue weighted by Crippen LogP contribution is -2.28. The summed E-state index contributed by atoms with van der Waals surface area (Å²) in [6.07, 6.45) is 7.18. The van der Waals surface area contributed by atoms with E-state index in [2.05, 4.69) is 19.2 Å². The lowest BCUT2D eigenvalue weighted by atomic mass is 10.1. The van der Waals surface area contributed by atoms with Crippen molar-refractivity contribution in [1.82, 2.24) is 5.32 Å². The highest BCUT2D eigenvalue weighted by Crippen LogP contribution is 2.23. The Morgan fingerprint density at radius 2 is 2.14 bits per heavy atom. The highest BCUT2D eigenvalue weighted by atomic mass is 16.3. The van der Waals surface area contributed by atoms with E-state index in [0.29, 0.717) is 12.1 Å². The van der Waals surface area contributed by atoms with Gasteiger partial charge in [0.15, 0.2) is 0 Å². The molecule has 14 heavy (non-hydrogen) atoms. The summed E-state index contributed by atoms with van der Waals surface area (Å²) >= 11 is 0. The molecule has 0 spiro atoms. The number of rotatable bonds is 3. The third-order valence-corrected chi connectivity index (χ3v) is 3.14. The van der Waals surface area contributed by atoms with E-state index in [0.717, 1.165) is 5.76 Å². The molecule has 2 rings (SSSR count). The second kappa shape index (κ2) is 4.18. The van der Waals surface area contributed by atoms with E-state index in [4.69, 9.17) is 4.42 Å². The standard InChI is InChI=1S/C12H19NO/c1-9-7-8-14-12(9)10(2)13-11-5-3-4-6-11/h7-8,10-11,13H,3-6H2,1-2H3. The fourth-order valence-corrected chi connectivity index (χ4v) is 2.35. The lowest BCUT2D eigenvalue weighted by Gasteiger charge is -2.17. The first-order chi connectivity index (χ1) is 6.77. The van der Waals surface area contributed by atoms with Crippen LogP contribution in [-0.2, 0) is 0 Å². The Kier molecular flexibility index (Phi) is 2.92. The molecule has 1 aliphatic rings. The summed E-state index contributed by atoms with van der Waals surface area (Å²) in [6, 6.07) is 3.09. The van der Waals surface area contributed by atoms with E-state index in [1.165, 1.54) is 31.2 Å². The van der Waals surface area contributed by atoms with Crippen molar-refractivity contribution in [1.29, 1.82) is 0 Å². The first-order valence-electron chi connectivity index (χ1n) is 5.57. The van der Waals surface area contributed by atoms with E-state index >= 15 is 0 Å². The van der Waals surface area contributed by atoms with Crippen LogP contribution in [0.3, 0.4) is 0 Å². The highest BCUT2D eigenvalue weighted by molar-refractivity contribution is 5.17. The van der Waals surface area contributed by atoms with Crippen LogP contribution in [0.2, 0.25) is 0 Å². The van der Waals surface area contributed by atoms with Gasteiger partial charge in [0.25, 0.3) is 0 Å². The zero-order valence-corrected chi connectivity index (χ0v) is 9.05. The van der Waals surface area contributed by atoms with Crippen LogP contribution in [0.5, 0.6) is 0 Å². The van der Waals surface area contributed by atoms with Gasteiger partial charge in [-0.15, -0.1) is 0 Å². The fourth-order valence-electron chi connectivity index (χ4n) is 2.35. The maximum atomic E-state index is 5.47. The summed E-state index contributed by atoms with van der Waals surface area (Å²) in [7, 11) is 0. The minimum absolute atomic E-state index is 0.355. The second-order valence-electron chi connectivity index (χ2n) is 4.34. The number of nitrogens with one attached hydrogen (secondary N) is 1. The number of hydrogen-bond donors (Lipinski definition) is 1. The van der Waals surface area contributed by atoms with Gasteiger partial charge < -0.3 is 9.73 Å². The molecule has 1 aromatic heterocycles. The Labute approximate surface area is 85.7 Å². The molecule has 0 aliphatic heterocycles. The van der Waals surface area contributed by atoms with Gasteiger partial charge in [-0.2, -0.15) is 0 Å². The maximum Gasteiger partial charge on any atom is 0.123 e. The van der Waals surface area contributed by atoms with E-state index < -0.39 is 0 Å². The van der Waals surface area contributed by atoms with Crippen molar-refractivity contribution >= 4 is 0 Å². The van der Waals surface area contributed by atoms with Gasteiger partial charge >= 0.3 is 0 Å². The third-order valence-electron chi connectivity index (χ3n) is 3.14. The molecule has 1 aliphatic carbocycles. The SMILES string of the molecule is Cc1ccoc1C(C)NC1CCCC1. The predicted molar refractivity (Wildman–Crippen MR) is 57.3 cm³/mol. The summed E-state index contributed by atoms with van der Waals surface area (Å²) in [5, 5.41) is 3.63. The zero-order chi connectivity index (χ0) is 9.97. The first-order valence-corrected chi connectivity index (χ1v) is 5.57. The second-order valence-corrected chi connectivity index (χ2v) is 4.34. The quantitative estimate of drug-likeness (QED) is 0.797. The summed E-state index contributed by atoms with van der Waals surface area (Å²) < 4.78 is 5.47. The summed E-state index contributed by atoms with van der Waals surface area (Å²) in [5.74, 6) is 1.09. The third kappa shape index (κ3) is 2.01. The van der Waals surface area contributed by atoms with Crippen LogP contribution in [0.15, 0.2) is 16.7 Å². The molecule has 78 valence electrons. The van der Waals surface area contributed by atoms with Crippen molar-refractivity contribution in [2.45, 2.75) is 51.6 Å². The largest absolute Gasteiger partial charge is 0.467 e. The van der Waals surface area contributed by atoms with Gasteiger partial charge in [0.2, 0.25) is 0 Å². The molecule has 0 saturated heterocycles. The van der Waals surface area contributed by atoms with E-state index in [-0.39, 0.29) is 0 Å². The van der Waals surface area contributed by atoms with Gasteiger partial charge in [-0.05, 0) is 38.3 Å². The molecular weight excluding hydrogens is 174 g/mol. The average molecular weight is 193 g/mol. The van der Waals surface area contributed by atoms with Crippen molar-refractivity contribution in [3.8, 4) is 0 Å². The molecule has 1 saturated carbocycles. The first kappa shape index (κ1) is 9.78. The molecule has 1 unspecified atom stereocenters. The van der Waals surface area contributed by atoms with Crippen molar-refractivity contribution in [2.24, 2.45) is 0 Å². The van der Waals surface area contributed by atoms with Gasteiger partial charge in [-0.3, -0.25) is 0 Å². The number of hydrogen-bond acceptors (Lipinski definition) is 2. The molecule has 0 amide bonds. The Morgan fingerprint density at radius 1 is 1.43 bits per heavy atom. The molecule has 0 aromatic carbocycles. The van der Waals surface area contributed by atoms with Crippen LogP contribution in [0.25, 0.3) is 0 Å². The summed E-state index contributed by atoms with van der Waals surface area (Å²) in [6.45, 7) is 4.29. The van der Waals surface area contributed by atoms with Gasteiger partial charge in [0.05, 0.1) is 12.3 Å². The average Bonchev–Trinajstić information content (AvgIpc) is 2.75. The fraction of sp³-hybridized carbons (Fsp3) is 0.667. The van der Waals surface area contributed by atoms with Gasteiger partial charge in [-0.1, -0.05) is 12.8 Å². The Morgan fingerprint density at radius 3 is 2.71 bits per heavy atom. The zero-order valence-electron chi connectivity index (χ0n) is 9.05. The van der Waals surface area contributed by atoms with E-state index in [1.54, 1.807) is 6.26 Å². The monoisotopic (exact) mass is 193 g/mol. The van der Waals surface area contributed by atoms with Crippen molar-refractivity contribution in [2.75, 3.05) is 0 Å². The normalized spacial score (nSPS) is 20.1. The Bertz CT molecular complexity index is 286. The topological polar surface area (TPSA) is 25.2 Å². The Hall–Kier alpha value is -0.760. The van der Waals surface area contributed by atoms with Crippen LogP contribution in [0.1, 0.15) is 50.0 Å². The van der Waals surface area contributed by atoms with Crippen LogP contribution in [-0.4, -0.2) is 6.04 Å². The molecule has 2 heteroatoms. The molecule has 0 radical (unpaired) electrons. The summed E-state index contributed by atoms with van der Waals surface area (Å²) in [4.78, 5) is 0. The molecule has 1 N–H and O–H groups in total. The van der Waals surface area contributed by atoms with E-state index in [9.17, 15) is 0 Å². The smallest absolute Gasteiger partial charge is 0.123 e. The molecule has 1 aromatic rings. The molecule has 0 bridgehead atoms. The predicted octanol–water partition coefficient (Wildman–Crippen LogP) is 3.18. The Balaban J connectivity index is 1.95. The van der Waals surface area contributed by atoms with Gasteiger partial charge in [0.1, 0.15) is 5.76 Å². The van der Waals surface area contributed by atoms with E-state index in [1.807, 2.05) is 6.07 Å². The lowest BCUT2D eigenvalue weighted by molar-refractivity contribution is 0.388. The maximum absolute atomic E-state index is 5.47. The molecular formula is C12H19NO. The number of aryl methyl sites for hydroxylation is 1. The molecule has 2 nitrogen and oxygen atoms in total. The van der Waals surface area contributed by atoms with Gasteiger partial charge in [-0.25, -0.2) is 0 Å². The molecule has 1 atom stereocenters. The molecule has 1 fully saturated rings. The minimum atomic E-state index is 0.355. The van der Waals surface area contributed by atoms with Crippen molar-refractivity contribution in [3.05, 3.63) is 23.7 Å². The van der Waals surface area contributed by atoms with Crippen LogP contribution in [0, 0.1) is 6.92 Å².